The van der Waals surface area contributed by atoms with Crippen LogP contribution in [-0.2, 0) is 17.8 Å². The Morgan fingerprint density at radius 3 is 3.14 bits per heavy atom. The summed E-state index contributed by atoms with van der Waals surface area (Å²) in [6.07, 6.45) is 9.44. The van der Waals surface area contributed by atoms with Gasteiger partial charge < -0.3 is 9.47 Å². The van der Waals surface area contributed by atoms with Crippen molar-refractivity contribution in [2.75, 3.05) is 13.6 Å². The lowest BCUT2D eigenvalue weighted by molar-refractivity contribution is -0.131. The van der Waals surface area contributed by atoms with E-state index in [1.165, 1.54) is 0 Å². The topological polar surface area (TPSA) is 51.0 Å². The minimum Gasteiger partial charge on any atom is -0.345 e. The van der Waals surface area contributed by atoms with E-state index >= 15 is 0 Å². The predicted octanol–water partition coefficient (Wildman–Crippen LogP) is 2.10. The summed E-state index contributed by atoms with van der Waals surface area (Å²) >= 11 is 0. The van der Waals surface area contributed by atoms with Crippen molar-refractivity contribution in [2.45, 2.75) is 32.2 Å². The average molecular weight is 298 g/mol. The van der Waals surface area contributed by atoms with E-state index < -0.39 is 0 Å². The van der Waals surface area contributed by atoms with Crippen LogP contribution in [0.1, 0.15) is 30.7 Å². The fraction of sp³-hybridized carbons (Fsp3) is 0.471. The van der Waals surface area contributed by atoms with Gasteiger partial charge in [-0.25, -0.2) is 4.98 Å². The van der Waals surface area contributed by atoms with Crippen molar-refractivity contribution in [3.05, 3.63) is 48.3 Å². The third-order valence-electron chi connectivity index (χ3n) is 4.51. The Labute approximate surface area is 131 Å². The monoisotopic (exact) mass is 298 g/mol. The number of nitrogens with zero attached hydrogens (tertiary/aromatic N) is 4. The average Bonchev–Trinajstić information content (AvgIpc) is 3.02. The first-order chi connectivity index (χ1) is 10.6. The van der Waals surface area contributed by atoms with Gasteiger partial charge in [-0.05, 0) is 30.9 Å². The number of fused-ring (bicyclic) bond motifs is 1. The third-order valence-corrected chi connectivity index (χ3v) is 4.51. The Hall–Kier alpha value is -2.17. The molecule has 3 heterocycles. The number of carbonyl (C=O) groups excluding carboxylic acids is 1. The second-order valence-corrected chi connectivity index (χ2v) is 6.12. The van der Waals surface area contributed by atoms with E-state index in [1.54, 1.807) is 12.4 Å². The number of likely N-dealkylation sites (N-methyl/N-ethyl adjacent to an activating group) is 1. The van der Waals surface area contributed by atoms with Crippen molar-refractivity contribution >= 4 is 5.91 Å². The molecule has 1 amide bonds. The molecule has 0 aromatic carbocycles. The smallest absolute Gasteiger partial charge is 0.229 e. The molecule has 5 heteroatoms. The van der Waals surface area contributed by atoms with Gasteiger partial charge in [0.15, 0.2) is 0 Å². The van der Waals surface area contributed by atoms with E-state index in [-0.39, 0.29) is 11.8 Å². The van der Waals surface area contributed by atoms with Gasteiger partial charge in [-0.15, -0.1) is 0 Å². The van der Waals surface area contributed by atoms with E-state index in [0.717, 1.165) is 37.3 Å². The van der Waals surface area contributed by atoms with Gasteiger partial charge in [0.2, 0.25) is 5.91 Å². The van der Waals surface area contributed by atoms with Crippen molar-refractivity contribution in [2.24, 2.45) is 5.92 Å². The van der Waals surface area contributed by atoms with Crippen LogP contribution >= 0.6 is 0 Å². The molecule has 3 rings (SSSR count). The van der Waals surface area contributed by atoms with Crippen LogP contribution in [0.4, 0.5) is 0 Å². The van der Waals surface area contributed by atoms with E-state index in [9.17, 15) is 4.79 Å². The number of carbonyl (C=O) groups is 1. The number of amides is 1. The first kappa shape index (κ1) is 14.8. The Balaban J connectivity index is 1.60. The molecule has 0 saturated carbocycles. The summed E-state index contributed by atoms with van der Waals surface area (Å²) in [7, 11) is 1.90. The van der Waals surface area contributed by atoms with Crippen LogP contribution in [0.5, 0.6) is 0 Å². The highest BCUT2D eigenvalue weighted by Gasteiger charge is 2.25. The first-order valence-corrected chi connectivity index (χ1v) is 7.80. The maximum atomic E-state index is 12.6. The summed E-state index contributed by atoms with van der Waals surface area (Å²) in [5, 5.41) is 0. The molecule has 0 bridgehead atoms. The zero-order chi connectivity index (χ0) is 15.5. The quantitative estimate of drug-likeness (QED) is 0.868. The second kappa shape index (κ2) is 6.30. The lowest BCUT2D eigenvalue weighted by atomic mass is 9.96. The van der Waals surface area contributed by atoms with Gasteiger partial charge in [-0.1, -0.05) is 6.07 Å². The van der Waals surface area contributed by atoms with Gasteiger partial charge in [0.05, 0.1) is 5.92 Å². The molecule has 2 aromatic rings. The normalized spacial score (nSPS) is 18.5. The summed E-state index contributed by atoms with van der Waals surface area (Å²) in [4.78, 5) is 22.9. The number of hydrogen-bond acceptors (Lipinski definition) is 3. The fourth-order valence-electron chi connectivity index (χ4n) is 3.15. The van der Waals surface area contributed by atoms with E-state index in [4.69, 9.17) is 0 Å². The molecule has 0 fully saturated rings. The molecule has 2 atom stereocenters. The summed E-state index contributed by atoms with van der Waals surface area (Å²) < 4.78 is 2.20. The van der Waals surface area contributed by atoms with Gasteiger partial charge in [0.1, 0.15) is 5.82 Å². The highest BCUT2D eigenvalue weighted by Crippen LogP contribution is 2.22. The van der Waals surface area contributed by atoms with Gasteiger partial charge >= 0.3 is 0 Å². The van der Waals surface area contributed by atoms with Crippen LogP contribution in [-0.4, -0.2) is 38.9 Å². The second-order valence-electron chi connectivity index (χ2n) is 6.12. The molecule has 5 nitrogen and oxygen atoms in total. The lowest BCUT2D eigenvalue weighted by Crippen LogP contribution is -2.37. The Bertz CT molecular complexity index is 637. The SMILES string of the molecule is C[C@H](C(=O)N(C)C[C@H]1CCn2ccnc2C1)c1cccnc1. The molecule has 116 valence electrons. The Morgan fingerprint density at radius 1 is 1.50 bits per heavy atom. The van der Waals surface area contributed by atoms with Crippen LogP contribution in [0.3, 0.4) is 0 Å². The number of pyridine rings is 1. The molecule has 0 N–H and O–H groups in total. The molecule has 1 aliphatic heterocycles. The van der Waals surface area contributed by atoms with Crippen molar-refractivity contribution in [1.82, 2.24) is 19.4 Å². The highest BCUT2D eigenvalue weighted by atomic mass is 16.2. The lowest BCUT2D eigenvalue weighted by Gasteiger charge is -2.29. The van der Waals surface area contributed by atoms with Crippen molar-refractivity contribution in [3.63, 3.8) is 0 Å². The summed E-state index contributed by atoms with van der Waals surface area (Å²) in [6, 6.07) is 3.83. The predicted molar refractivity (Wildman–Crippen MR) is 84.3 cm³/mol. The summed E-state index contributed by atoms with van der Waals surface area (Å²) in [6.45, 7) is 3.74. The van der Waals surface area contributed by atoms with Crippen LogP contribution in [0.2, 0.25) is 0 Å². The largest absolute Gasteiger partial charge is 0.345 e. The van der Waals surface area contributed by atoms with Gasteiger partial charge in [-0.3, -0.25) is 9.78 Å². The Morgan fingerprint density at radius 2 is 2.36 bits per heavy atom. The zero-order valence-electron chi connectivity index (χ0n) is 13.1. The van der Waals surface area contributed by atoms with E-state index in [0.29, 0.717) is 5.92 Å². The minimum atomic E-state index is -0.149. The van der Waals surface area contributed by atoms with Gasteiger partial charge in [0, 0.05) is 51.3 Å². The molecule has 0 aliphatic carbocycles. The van der Waals surface area contributed by atoms with Crippen molar-refractivity contribution < 1.29 is 4.79 Å². The van der Waals surface area contributed by atoms with E-state index in [2.05, 4.69) is 14.5 Å². The van der Waals surface area contributed by atoms with Gasteiger partial charge in [0.25, 0.3) is 0 Å². The number of hydrogen-bond donors (Lipinski definition) is 0. The number of aromatic nitrogens is 3. The van der Waals surface area contributed by atoms with Crippen molar-refractivity contribution in [1.29, 1.82) is 0 Å². The van der Waals surface area contributed by atoms with Crippen LogP contribution in [0.15, 0.2) is 36.9 Å². The molecule has 0 unspecified atom stereocenters. The van der Waals surface area contributed by atoms with Crippen LogP contribution in [0.25, 0.3) is 0 Å². The third kappa shape index (κ3) is 3.03. The zero-order valence-corrected chi connectivity index (χ0v) is 13.1. The molecular weight excluding hydrogens is 276 g/mol. The molecule has 0 radical (unpaired) electrons. The highest BCUT2D eigenvalue weighted by molar-refractivity contribution is 5.83. The minimum absolute atomic E-state index is 0.149. The fourth-order valence-corrected chi connectivity index (χ4v) is 3.15. The molecule has 22 heavy (non-hydrogen) atoms. The van der Waals surface area contributed by atoms with Gasteiger partial charge in [-0.2, -0.15) is 0 Å². The number of imidazole rings is 1. The van der Waals surface area contributed by atoms with E-state index in [1.807, 2.05) is 43.4 Å². The maximum absolute atomic E-state index is 12.6. The molecular formula is C17H22N4O. The maximum Gasteiger partial charge on any atom is 0.229 e. The summed E-state index contributed by atoms with van der Waals surface area (Å²) in [5.74, 6) is 1.63. The number of aryl methyl sites for hydroxylation is 1. The standard InChI is InChI=1S/C17H22N4O/c1-13(15-4-3-6-18-11-15)17(22)20(2)12-14-5-8-21-9-7-19-16(21)10-14/h3-4,6-7,9,11,13-14H,5,8,10,12H2,1-2H3/t13-,14-/m0/s1. The molecule has 0 saturated heterocycles. The summed E-state index contributed by atoms with van der Waals surface area (Å²) in [5.41, 5.74) is 0.971. The number of rotatable bonds is 4. The van der Waals surface area contributed by atoms with Crippen LogP contribution < -0.4 is 0 Å². The van der Waals surface area contributed by atoms with Crippen molar-refractivity contribution in [3.8, 4) is 0 Å². The molecule has 0 spiro atoms. The molecule has 2 aromatic heterocycles. The molecule has 1 aliphatic rings. The van der Waals surface area contributed by atoms with Crippen LogP contribution in [0, 0.1) is 5.92 Å². The Kier molecular flexibility index (Phi) is 4.22. The first-order valence-electron chi connectivity index (χ1n) is 7.80.